The van der Waals surface area contributed by atoms with Crippen LogP contribution in [0.5, 0.6) is 0 Å². The summed E-state index contributed by atoms with van der Waals surface area (Å²) in [6.45, 7) is 8.02. The number of nitrogens with one attached hydrogen (secondary N) is 1. The number of hydrogen-bond donors (Lipinski definition) is 1. The van der Waals surface area contributed by atoms with Gasteiger partial charge in [0, 0.05) is 18.5 Å². The van der Waals surface area contributed by atoms with Gasteiger partial charge < -0.3 is 14.5 Å². The van der Waals surface area contributed by atoms with Crippen LogP contribution in [-0.2, 0) is 25.6 Å². The van der Waals surface area contributed by atoms with E-state index in [4.69, 9.17) is 21.4 Å². The third-order valence-electron chi connectivity index (χ3n) is 6.95. The van der Waals surface area contributed by atoms with Crippen molar-refractivity contribution in [2.75, 3.05) is 6.61 Å². The van der Waals surface area contributed by atoms with Crippen LogP contribution in [0.3, 0.4) is 0 Å². The fourth-order valence-electron chi connectivity index (χ4n) is 4.97. The molecular formula is C31H33N3O5S2Si. The molecule has 0 radical (unpaired) electrons. The first-order chi connectivity index (χ1) is 19.9. The maximum absolute atomic E-state index is 13.1. The van der Waals surface area contributed by atoms with Crippen molar-refractivity contribution in [3.63, 3.8) is 0 Å². The van der Waals surface area contributed by atoms with Crippen molar-refractivity contribution < 1.29 is 22.4 Å². The van der Waals surface area contributed by atoms with Gasteiger partial charge >= 0.3 is 6.09 Å². The van der Waals surface area contributed by atoms with E-state index in [2.05, 4.69) is 34.6 Å². The van der Waals surface area contributed by atoms with Crippen molar-refractivity contribution >= 4 is 41.7 Å². The van der Waals surface area contributed by atoms with Gasteiger partial charge in [0.1, 0.15) is 19.0 Å². The van der Waals surface area contributed by atoms with Gasteiger partial charge in [0.25, 0.3) is 10.0 Å². The summed E-state index contributed by atoms with van der Waals surface area (Å²) in [5, 5.41) is 3.05. The molecule has 8 nitrogen and oxygen atoms in total. The number of hydrogen-bond acceptors (Lipinski definition) is 7. The quantitative estimate of drug-likeness (QED) is 0.180. The first-order valence-corrected chi connectivity index (χ1v) is 18.9. The Labute approximate surface area is 252 Å². The summed E-state index contributed by atoms with van der Waals surface area (Å²) in [5.74, 6) is -0.0885. The summed E-state index contributed by atoms with van der Waals surface area (Å²) in [4.78, 5) is 17.6. The van der Waals surface area contributed by atoms with Gasteiger partial charge in [-0.05, 0) is 73.2 Å². The highest BCUT2D eigenvalue weighted by molar-refractivity contribution is 7.90. The number of carbonyl (C=O) groups is 1. The second-order valence-corrected chi connectivity index (χ2v) is 17.9. The molecule has 0 fully saturated rings. The molecule has 0 bridgehead atoms. The molecule has 11 heteroatoms. The fourth-order valence-corrected chi connectivity index (χ4v) is 7.76. The van der Waals surface area contributed by atoms with Crippen LogP contribution >= 0.6 is 12.2 Å². The predicted octanol–water partition coefficient (Wildman–Crippen LogP) is 6.06. The summed E-state index contributed by atoms with van der Waals surface area (Å²) in [6, 6.07) is 22.1. The highest BCUT2D eigenvalue weighted by Crippen LogP contribution is 2.44. The zero-order chi connectivity index (χ0) is 30.1. The Bertz CT molecular complexity index is 1680. The molecule has 1 heterocycles. The van der Waals surface area contributed by atoms with Gasteiger partial charge in [-0.3, -0.25) is 0 Å². The lowest BCUT2D eigenvalue weighted by molar-refractivity contribution is 0.141. The van der Waals surface area contributed by atoms with Gasteiger partial charge in [0.05, 0.1) is 10.6 Å². The predicted molar refractivity (Wildman–Crippen MR) is 169 cm³/mol. The Hall–Kier alpha value is -3.80. The lowest BCUT2D eigenvalue weighted by atomic mass is 9.98. The molecule has 0 aliphatic heterocycles. The summed E-state index contributed by atoms with van der Waals surface area (Å²) in [5.41, 5.74) is 5.89. The molecule has 1 N–H and O–H groups in total. The molecule has 4 aromatic rings. The number of rotatable bonds is 9. The van der Waals surface area contributed by atoms with E-state index in [1.165, 1.54) is 12.5 Å². The van der Waals surface area contributed by atoms with Crippen LogP contribution < -0.4 is 5.32 Å². The highest BCUT2D eigenvalue weighted by Gasteiger charge is 2.31. The zero-order valence-electron chi connectivity index (χ0n) is 23.9. The fraction of sp³-hybridized carbons (Fsp3) is 0.258. The first-order valence-electron chi connectivity index (χ1n) is 13.6. The smallest absolute Gasteiger partial charge is 0.407 e. The molecule has 218 valence electrons. The monoisotopic (exact) mass is 619 g/mol. The molecule has 1 aliphatic rings. The van der Waals surface area contributed by atoms with Crippen LogP contribution in [0, 0.1) is 6.92 Å². The van der Waals surface area contributed by atoms with Crippen molar-refractivity contribution in [3.8, 4) is 11.1 Å². The Balaban J connectivity index is 1.31. The molecule has 0 saturated carbocycles. The van der Waals surface area contributed by atoms with Crippen molar-refractivity contribution in [1.29, 1.82) is 0 Å². The SMILES string of the molecule is Cc1ccc(S(=O)(=O)n2cnc(CC(NC(=O)OCC3c4ccccc4-c4ccccc43)C(=S)O[Si](C)(C)C)c2)cc1. The third-order valence-corrected chi connectivity index (χ3v) is 9.92. The van der Waals surface area contributed by atoms with E-state index in [1.54, 1.807) is 24.3 Å². The molecule has 1 aromatic heterocycles. The molecule has 1 aliphatic carbocycles. The van der Waals surface area contributed by atoms with E-state index in [9.17, 15) is 13.2 Å². The minimum Gasteiger partial charge on any atom is -0.538 e. The van der Waals surface area contributed by atoms with Crippen LogP contribution in [0.25, 0.3) is 11.1 Å². The normalized spacial score (nSPS) is 13.6. The van der Waals surface area contributed by atoms with Gasteiger partial charge in [-0.1, -0.05) is 66.2 Å². The molecule has 5 rings (SSSR count). The highest BCUT2D eigenvalue weighted by atomic mass is 32.2. The molecule has 42 heavy (non-hydrogen) atoms. The van der Waals surface area contributed by atoms with E-state index >= 15 is 0 Å². The molecule has 1 atom stereocenters. The number of amides is 1. The number of aryl methyl sites for hydroxylation is 1. The summed E-state index contributed by atoms with van der Waals surface area (Å²) >= 11 is 5.60. The number of alkyl carbamates (subject to hydrolysis) is 1. The maximum atomic E-state index is 13.1. The Morgan fingerprint density at radius 1 is 1.00 bits per heavy atom. The van der Waals surface area contributed by atoms with Gasteiger partial charge in [-0.15, -0.1) is 0 Å². The van der Waals surface area contributed by atoms with E-state index in [0.717, 1.165) is 31.8 Å². The third kappa shape index (κ3) is 6.48. The van der Waals surface area contributed by atoms with Crippen molar-refractivity contribution in [3.05, 3.63) is 108 Å². The molecule has 0 spiro atoms. The van der Waals surface area contributed by atoms with Crippen LogP contribution in [0.1, 0.15) is 28.3 Å². The van der Waals surface area contributed by atoms with E-state index in [0.29, 0.717) is 5.69 Å². The lowest BCUT2D eigenvalue weighted by Crippen LogP contribution is -2.46. The number of carbonyl (C=O) groups excluding carboxylic acids is 1. The number of aromatic nitrogens is 2. The number of imidazole rings is 1. The van der Waals surface area contributed by atoms with Gasteiger partial charge in [0.2, 0.25) is 8.32 Å². The minimum absolute atomic E-state index is 0.0885. The summed E-state index contributed by atoms with van der Waals surface area (Å²) < 4.78 is 39.1. The van der Waals surface area contributed by atoms with Crippen molar-refractivity contribution in [2.45, 2.75) is 49.8 Å². The van der Waals surface area contributed by atoms with Crippen molar-refractivity contribution in [1.82, 2.24) is 14.3 Å². The van der Waals surface area contributed by atoms with Crippen LogP contribution in [0.4, 0.5) is 4.79 Å². The van der Waals surface area contributed by atoms with E-state index in [-0.39, 0.29) is 28.9 Å². The van der Waals surface area contributed by atoms with E-state index in [1.807, 2.05) is 50.8 Å². The summed E-state index contributed by atoms with van der Waals surface area (Å²) in [7, 11) is -5.92. The van der Waals surface area contributed by atoms with Crippen LogP contribution in [-0.4, -0.2) is 49.5 Å². The van der Waals surface area contributed by atoms with Gasteiger partial charge in [0.15, 0.2) is 5.05 Å². The molecule has 3 aromatic carbocycles. The van der Waals surface area contributed by atoms with Crippen molar-refractivity contribution in [2.24, 2.45) is 0 Å². The number of benzene rings is 3. The number of thiocarbonyl (C=S) groups is 1. The molecular weight excluding hydrogens is 587 g/mol. The Morgan fingerprint density at radius 3 is 2.19 bits per heavy atom. The van der Waals surface area contributed by atoms with Gasteiger partial charge in [-0.25, -0.2) is 22.2 Å². The number of ether oxygens (including phenoxy) is 1. The van der Waals surface area contributed by atoms with Crippen LogP contribution in [0.2, 0.25) is 19.6 Å². The lowest BCUT2D eigenvalue weighted by Gasteiger charge is -2.26. The minimum atomic E-state index is -3.82. The summed E-state index contributed by atoms with van der Waals surface area (Å²) in [6.07, 6.45) is 2.16. The first kappa shape index (κ1) is 29.7. The number of nitrogens with zero attached hydrogens (tertiary/aromatic N) is 2. The Morgan fingerprint density at radius 2 is 1.60 bits per heavy atom. The maximum Gasteiger partial charge on any atom is 0.407 e. The molecule has 0 saturated heterocycles. The second-order valence-electron chi connectivity index (χ2n) is 11.3. The largest absolute Gasteiger partial charge is 0.538 e. The molecule has 1 unspecified atom stereocenters. The van der Waals surface area contributed by atoms with E-state index < -0.39 is 30.5 Å². The molecule has 1 amide bonds. The zero-order valence-corrected chi connectivity index (χ0v) is 26.5. The average Bonchev–Trinajstić information content (AvgIpc) is 3.54. The van der Waals surface area contributed by atoms with Crippen LogP contribution in [0.15, 0.2) is 90.2 Å². The van der Waals surface area contributed by atoms with Gasteiger partial charge in [-0.2, -0.15) is 0 Å². The Kier molecular flexibility index (Phi) is 8.36. The standard InChI is InChI=1S/C31H33N3O5S2Si/c1-21-13-15-23(16-14-21)41(36,37)34-18-22(32-20-34)17-29(30(40)39-42(2,3)4)33-31(35)38-19-28-26-11-7-5-9-24(26)25-10-6-8-12-27(25)28/h5-16,18,20,28-29H,17,19H2,1-4H3,(H,33,35). The topological polar surface area (TPSA) is 99.5 Å². The second kappa shape index (κ2) is 11.8. The number of fused-ring (bicyclic) bond motifs is 3. The average molecular weight is 620 g/mol.